The highest BCUT2D eigenvalue weighted by Crippen LogP contribution is 2.16. The lowest BCUT2D eigenvalue weighted by Crippen LogP contribution is -2.42. The number of anilines is 2. The third-order valence-electron chi connectivity index (χ3n) is 3.73. The van der Waals surface area contributed by atoms with Crippen LogP contribution >= 0.6 is 0 Å². The number of nitrogens with two attached hydrogens (primary N) is 2. The first-order valence-corrected chi connectivity index (χ1v) is 7.21. The van der Waals surface area contributed by atoms with Gasteiger partial charge in [-0.25, -0.2) is 0 Å². The van der Waals surface area contributed by atoms with Crippen LogP contribution in [-0.4, -0.2) is 36.3 Å². The zero-order valence-corrected chi connectivity index (χ0v) is 12.0. The number of nitrogens with zero attached hydrogens (tertiary/aromatic N) is 1. The molecule has 2 amide bonds. The molecule has 1 aliphatic rings. The molecule has 1 fully saturated rings. The Labute approximate surface area is 124 Å². The molecule has 1 atom stereocenters. The van der Waals surface area contributed by atoms with E-state index in [1.165, 1.54) is 0 Å². The zero-order valence-electron chi connectivity index (χ0n) is 12.0. The summed E-state index contributed by atoms with van der Waals surface area (Å²) in [5, 5.41) is 2.82. The molecule has 5 N–H and O–H groups in total. The number of rotatable bonds is 5. The minimum Gasteiger partial charge on any atom is -0.399 e. The molecule has 6 heteroatoms. The van der Waals surface area contributed by atoms with E-state index in [1.54, 1.807) is 24.3 Å². The quantitative estimate of drug-likeness (QED) is 0.698. The average molecular weight is 290 g/mol. The molecule has 6 nitrogen and oxygen atoms in total. The van der Waals surface area contributed by atoms with E-state index in [-0.39, 0.29) is 17.7 Å². The van der Waals surface area contributed by atoms with Crippen molar-refractivity contribution in [2.75, 3.05) is 30.7 Å². The molecule has 1 unspecified atom stereocenters. The minimum atomic E-state index is -0.246. The van der Waals surface area contributed by atoms with Gasteiger partial charge in [-0.15, -0.1) is 0 Å². The molecule has 0 spiro atoms. The molecule has 0 bridgehead atoms. The molecule has 1 aliphatic heterocycles. The van der Waals surface area contributed by atoms with Crippen molar-refractivity contribution < 1.29 is 9.59 Å². The number of hydrogen-bond acceptors (Lipinski definition) is 4. The van der Waals surface area contributed by atoms with Crippen molar-refractivity contribution in [3.8, 4) is 0 Å². The summed E-state index contributed by atoms with van der Waals surface area (Å²) in [4.78, 5) is 25.3. The van der Waals surface area contributed by atoms with E-state index >= 15 is 0 Å². The highest BCUT2D eigenvalue weighted by atomic mass is 16.2. The molecule has 1 saturated heterocycles. The zero-order chi connectivity index (χ0) is 15.2. The SMILES string of the molecule is NC(=O)C1CCCN(CCC(=O)Nc2cccc(N)c2)C1. The van der Waals surface area contributed by atoms with Crippen molar-refractivity contribution in [3.63, 3.8) is 0 Å². The van der Waals surface area contributed by atoms with E-state index < -0.39 is 0 Å². The number of piperidine rings is 1. The number of primary amides is 1. The Morgan fingerprint density at radius 1 is 1.38 bits per heavy atom. The van der Waals surface area contributed by atoms with Crippen LogP contribution < -0.4 is 16.8 Å². The minimum absolute atomic E-state index is 0.0539. The van der Waals surface area contributed by atoms with Crippen molar-refractivity contribution >= 4 is 23.2 Å². The van der Waals surface area contributed by atoms with Crippen molar-refractivity contribution in [3.05, 3.63) is 24.3 Å². The van der Waals surface area contributed by atoms with E-state index in [9.17, 15) is 9.59 Å². The van der Waals surface area contributed by atoms with Gasteiger partial charge in [0.25, 0.3) is 0 Å². The Hall–Kier alpha value is -2.08. The lowest BCUT2D eigenvalue weighted by atomic mass is 9.97. The van der Waals surface area contributed by atoms with Gasteiger partial charge in [-0.1, -0.05) is 6.07 Å². The summed E-state index contributed by atoms with van der Waals surface area (Å²) in [6, 6.07) is 7.10. The summed E-state index contributed by atoms with van der Waals surface area (Å²) in [6.45, 7) is 2.20. The fourth-order valence-electron chi connectivity index (χ4n) is 2.59. The number of likely N-dealkylation sites (tertiary alicyclic amines) is 1. The van der Waals surface area contributed by atoms with Crippen LogP contribution in [0.3, 0.4) is 0 Å². The van der Waals surface area contributed by atoms with Crippen LogP contribution in [0.15, 0.2) is 24.3 Å². The first-order valence-electron chi connectivity index (χ1n) is 7.21. The summed E-state index contributed by atoms with van der Waals surface area (Å²) in [5.41, 5.74) is 12.3. The molecule has 2 rings (SSSR count). The van der Waals surface area contributed by atoms with Gasteiger partial charge in [0.1, 0.15) is 0 Å². The van der Waals surface area contributed by atoms with E-state index in [2.05, 4.69) is 10.2 Å². The summed E-state index contributed by atoms with van der Waals surface area (Å²) in [5.74, 6) is -0.388. The second-order valence-electron chi connectivity index (χ2n) is 5.47. The molecule has 0 aromatic heterocycles. The van der Waals surface area contributed by atoms with E-state index in [0.717, 1.165) is 19.4 Å². The van der Waals surface area contributed by atoms with Gasteiger partial charge in [0.2, 0.25) is 11.8 Å². The maximum atomic E-state index is 11.9. The molecule has 1 aromatic carbocycles. The number of hydrogen-bond donors (Lipinski definition) is 3. The molecule has 0 radical (unpaired) electrons. The number of benzene rings is 1. The highest BCUT2D eigenvalue weighted by molar-refractivity contribution is 5.91. The Bertz CT molecular complexity index is 518. The predicted molar refractivity (Wildman–Crippen MR) is 82.5 cm³/mol. The Balaban J connectivity index is 1.77. The lowest BCUT2D eigenvalue weighted by Gasteiger charge is -2.30. The third-order valence-corrected chi connectivity index (χ3v) is 3.73. The van der Waals surface area contributed by atoms with Crippen LogP contribution in [-0.2, 0) is 9.59 Å². The van der Waals surface area contributed by atoms with Gasteiger partial charge in [0.05, 0.1) is 5.92 Å². The van der Waals surface area contributed by atoms with Crippen LogP contribution in [0.4, 0.5) is 11.4 Å². The average Bonchev–Trinajstić information content (AvgIpc) is 2.45. The van der Waals surface area contributed by atoms with E-state index in [0.29, 0.717) is 30.9 Å². The highest BCUT2D eigenvalue weighted by Gasteiger charge is 2.23. The van der Waals surface area contributed by atoms with Gasteiger partial charge in [-0.3, -0.25) is 9.59 Å². The molecule has 1 aromatic rings. The lowest BCUT2D eigenvalue weighted by molar-refractivity contribution is -0.123. The smallest absolute Gasteiger partial charge is 0.225 e. The summed E-state index contributed by atoms with van der Waals surface area (Å²) < 4.78 is 0. The normalized spacial score (nSPS) is 19.1. The summed E-state index contributed by atoms with van der Waals surface area (Å²) in [7, 11) is 0. The van der Waals surface area contributed by atoms with Crippen LogP contribution in [0.5, 0.6) is 0 Å². The number of carbonyl (C=O) groups is 2. The third kappa shape index (κ3) is 4.75. The van der Waals surface area contributed by atoms with E-state index in [1.807, 2.05) is 0 Å². The van der Waals surface area contributed by atoms with Crippen molar-refractivity contribution in [1.82, 2.24) is 4.90 Å². The standard InChI is InChI=1S/C15H22N4O2/c16-12-4-1-5-13(9-12)18-14(20)6-8-19-7-2-3-11(10-19)15(17)21/h1,4-5,9,11H,2-3,6-8,10,16H2,(H2,17,21)(H,18,20). The molecule has 21 heavy (non-hydrogen) atoms. The van der Waals surface area contributed by atoms with Crippen molar-refractivity contribution in [2.24, 2.45) is 11.7 Å². The Morgan fingerprint density at radius 2 is 2.19 bits per heavy atom. The maximum Gasteiger partial charge on any atom is 0.225 e. The van der Waals surface area contributed by atoms with Crippen LogP contribution in [0.1, 0.15) is 19.3 Å². The van der Waals surface area contributed by atoms with Gasteiger partial charge >= 0.3 is 0 Å². The second-order valence-corrected chi connectivity index (χ2v) is 5.47. The molecule has 0 aliphatic carbocycles. The van der Waals surface area contributed by atoms with Crippen molar-refractivity contribution in [1.29, 1.82) is 0 Å². The van der Waals surface area contributed by atoms with Gasteiger partial charge in [0.15, 0.2) is 0 Å². The number of carbonyl (C=O) groups excluding carboxylic acids is 2. The largest absolute Gasteiger partial charge is 0.399 e. The summed E-state index contributed by atoms with van der Waals surface area (Å²) in [6.07, 6.45) is 2.19. The molecular formula is C15H22N4O2. The first-order chi connectivity index (χ1) is 10.0. The van der Waals surface area contributed by atoms with E-state index in [4.69, 9.17) is 11.5 Å². The van der Waals surface area contributed by atoms with Gasteiger partial charge in [-0.2, -0.15) is 0 Å². The van der Waals surface area contributed by atoms with Crippen LogP contribution in [0, 0.1) is 5.92 Å². The number of nitrogens with one attached hydrogen (secondary N) is 1. The number of nitrogen functional groups attached to an aromatic ring is 1. The Kier molecular flexibility index (Phi) is 5.16. The van der Waals surface area contributed by atoms with Crippen molar-refractivity contribution in [2.45, 2.75) is 19.3 Å². The molecular weight excluding hydrogens is 268 g/mol. The maximum absolute atomic E-state index is 11.9. The number of amides is 2. The molecule has 114 valence electrons. The monoisotopic (exact) mass is 290 g/mol. The van der Waals surface area contributed by atoms with Gasteiger partial charge in [0, 0.05) is 30.9 Å². The predicted octanol–water partition coefficient (Wildman–Crippen LogP) is 0.795. The fraction of sp³-hybridized carbons (Fsp3) is 0.467. The van der Waals surface area contributed by atoms with Gasteiger partial charge < -0.3 is 21.7 Å². The first kappa shape index (κ1) is 15.3. The Morgan fingerprint density at radius 3 is 2.90 bits per heavy atom. The topological polar surface area (TPSA) is 101 Å². The second kappa shape index (κ2) is 7.08. The van der Waals surface area contributed by atoms with Crippen LogP contribution in [0.2, 0.25) is 0 Å². The summed E-state index contributed by atoms with van der Waals surface area (Å²) >= 11 is 0. The van der Waals surface area contributed by atoms with Crippen LogP contribution in [0.25, 0.3) is 0 Å². The molecule has 1 heterocycles. The molecule has 0 saturated carbocycles. The van der Waals surface area contributed by atoms with Gasteiger partial charge in [-0.05, 0) is 37.6 Å². The fourth-order valence-corrected chi connectivity index (χ4v) is 2.59.